The summed E-state index contributed by atoms with van der Waals surface area (Å²) in [4.78, 5) is 10.1. The molecule has 3 heterocycles. The molecule has 2 N–H and O–H groups in total. The fourth-order valence-corrected chi connectivity index (χ4v) is 3.36. The molecule has 11 heteroatoms. The van der Waals surface area contributed by atoms with E-state index in [1.54, 1.807) is 21.6 Å². The SMILES string of the molecule is Cl.N#Cc1ccc(Cn2c(N3CCC(F)(F)[C@H](N)C3)nc3cc(F)c(F)cc32)nc1. The van der Waals surface area contributed by atoms with Crippen LogP contribution in [-0.4, -0.2) is 39.6 Å². The maximum absolute atomic E-state index is 13.9. The molecule has 0 bridgehead atoms. The molecule has 1 saturated heterocycles. The Morgan fingerprint density at radius 2 is 1.97 bits per heavy atom. The number of rotatable bonds is 3. The van der Waals surface area contributed by atoms with Crippen molar-refractivity contribution in [3.8, 4) is 6.07 Å². The summed E-state index contributed by atoms with van der Waals surface area (Å²) < 4.78 is 56.8. The highest BCUT2D eigenvalue weighted by Gasteiger charge is 2.42. The van der Waals surface area contributed by atoms with Gasteiger partial charge in [-0.1, -0.05) is 0 Å². The smallest absolute Gasteiger partial charge is 0.266 e. The predicted molar refractivity (Wildman–Crippen MR) is 105 cm³/mol. The first-order valence-electron chi connectivity index (χ1n) is 8.87. The molecule has 1 aliphatic heterocycles. The third-order valence-electron chi connectivity index (χ3n) is 5.00. The van der Waals surface area contributed by atoms with Crippen molar-refractivity contribution in [1.82, 2.24) is 14.5 Å². The number of hydrogen-bond donors (Lipinski definition) is 1. The molecule has 0 spiro atoms. The Hall–Kier alpha value is -2.90. The van der Waals surface area contributed by atoms with Gasteiger partial charge in [0.2, 0.25) is 5.95 Å². The minimum atomic E-state index is -2.99. The fraction of sp³-hybridized carbons (Fsp3) is 0.316. The largest absolute Gasteiger partial charge is 0.340 e. The number of halogens is 5. The molecule has 3 aromatic rings. The van der Waals surface area contributed by atoms with Crippen molar-refractivity contribution in [3.63, 3.8) is 0 Å². The lowest BCUT2D eigenvalue weighted by molar-refractivity contribution is -0.0395. The molecule has 0 aliphatic carbocycles. The maximum atomic E-state index is 13.9. The van der Waals surface area contributed by atoms with Crippen LogP contribution in [0.4, 0.5) is 23.5 Å². The van der Waals surface area contributed by atoms with Gasteiger partial charge >= 0.3 is 0 Å². The fourth-order valence-electron chi connectivity index (χ4n) is 3.36. The summed E-state index contributed by atoms with van der Waals surface area (Å²) in [5.41, 5.74) is 7.04. The first kappa shape index (κ1) is 21.8. The quantitative estimate of drug-likeness (QED) is 0.632. The van der Waals surface area contributed by atoms with Crippen LogP contribution in [0.5, 0.6) is 0 Å². The van der Waals surface area contributed by atoms with Crippen LogP contribution in [-0.2, 0) is 6.54 Å². The van der Waals surface area contributed by atoms with Gasteiger partial charge in [-0.05, 0) is 12.1 Å². The van der Waals surface area contributed by atoms with Crippen molar-refractivity contribution in [1.29, 1.82) is 5.26 Å². The molecule has 6 nitrogen and oxygen atoms in total. The Balaban J connectivity index is 0.00000256. The lowest BCUT2D eigenvalue weighted by Crippen LogP contribution is -2.55. The zero-order chi connectivity index (χ0) is 20.8. The number of nitrogens with two attached hydrogens (primary N) is 1. The van der Waals surface area contributed by atoms with E-state index in [4.69, 9.17) is 11.0 Å². The number of imidazole rings is 1. The van der Waals surface area contributed by atoms with Gasteiger partial charge in [0.1, 0.15) is 6.07 Å². The van der Waals surface area contributed by atoms with Crippen LogP contribution < -0.4 is 10.6 Å². The van der Waals surface area contributed by atoms with E-state index in [2.05, 4.69) is 9.97 Å². The first-order valence-corrected chi connectivity index (χ1v) is 8.87. The van der Waals surface area contributed by atoms with Crippen molar-refractivity contribution in [2.24, 2.45) is 5.73 Å². The van der Waals surface area contributed by atoms with Gasteiger partial charge in [-0.2, -0.15) is 5.26 Å². The Morgan fingerprint density at radius 1 is 1.23 bits per heavy atom. The number of piperidine rings is 1. The third-order valence-corrected chi connectivity index (χ3v) is 5.00. The second-order valence-corrected chi connectivity index (χ2v) is 6.97. The zero-order valence-corrected chi connectivity index (χ0v) is 16.3. The molecule has 0 radical (unpaired) electrons. The van der Waals surface area contributed by atoms with Crippen molar-refractivity contribution in [2.45, 2.75) is 24.9 Å². The lowest BCUT2D eigenvalue weighted by Gasteiger charge is -2.37. The number of hydrogen-bond acceptors (Lipinski definition) is 5. The molecular weight excluding hydrogens is 424 g/mol. The second-order valence-electron chi connectivity index (χ2n) is 6.97. The lowest BCUT2D eigenvalue weighted by atomic mass is 10.0. The molecule has 1 aliphatic rings. The first-order chi connectivity index (χ1) is 13.8. The maximum Gasteiger partial charge on any atom is 0.266 e. The highest BCUT2D eigenvalue weighted by atomic mass is 35.5. The van der Waals surface area contributed by atoms with Gasteiger partial charge in [0.05, 0.1) is 34.9 Å². The van der Waals surface area contributed by atoms with E-state index in [1.165, 1.54) is 6.20 Å². The number of anilines is 1. The molecule has 0 amide bonds. The normalized spacial score (nSPS) is 18.1. The molecule has 1 aromatic carbocycles. The standard InChI is InChI=1S/C19H16F4N6.ClH/c20-13-5-15-16(6-14(13)21)29(9-12-2-1-11(7-24)8-26-12)18(27-15)28-4-3-19(22,23)17(25)10-28;/h1-2,5-6,8,17H,3-4,9-10,25H2;1H/t17-;/m1./s1. The number of nitriles is 1. The van der Waals surface area contributed by atoms with Crippen LogP contribution in [0, 0.1) is 23.0 Å². The zero-order valence-electron chi connectivity index (χ0n) is 15.5. The topological polar surface area (TPSA) is 83.8 Å². The van der Waals surface area contributed by atoms with Crippen LogP contribution in [0.1, 0.15) is 17.7 Å². The summed E-state index contributed by atoms with van der Waals surface area (Å²) in [6, 6.07) is 5.78. The van der Waals surface area contributed by atoms with Gasteiger partial charge in [0.15, 0.2) is 11.6 Å². The summed E-state index contributed by atoms with van der Waals surface area (Å²) in [5, 5.41) is 8.90. The van der Waals surface area contributed by atoms with Gasteiger partial charge < -0.3 is 15.2 Å². The summed E-state index contributed by atoms with van der Waals surface area (Å²) in [7, 11) is 0. The monoisotopic (exact) mass is 440 g/mol. The molecule has 2 aromatic heterocycles. The third kappa shape index (κ3) is 3.91. The van der Waals surface area contributed by atoms with Gasteiger partial charge in [-0.25, -0.2) is 22.5 Å². The van der Waals surface area contributed by atoms with Crippen molar-refractivity contribution in [2.75, 3.05) is 18.0 Å². The molecule has 1 fully saturated rings. The van der Waals surface area contributed by atoms with Gasteiger partial charge in [0, 0.05) is 37.8 Å². The van der Waals surface area contributed by atoms with Crippen molar-refractivity contribution >= 4 is 29.4 Å². The number of alkyl halides is 2. The number of fused-ring (bicyclic) bond motifs is 1. The van der Waals surface area contributed by atoms with E-state index in [1.807, 2.05) is 6.07 Å². The Kier molecular flexibility index (Phi) is 5.87. The molecular formula is C19H17ClF4N6. The van der Waals surface area contributed by atoms with E-state index in [9.17, 15) is 17.6 Å². The van der Waals surface area contributed by atoms with E-state index in [-0.39, 0.29) is 43.5 Å². The minimum Gasteiger partial charge on any atom is -0.340 e. The number of aromatic nitrogens is 3. The minimum absolute atomic E-state index is 0. The summed E-state index contributed by atoms with van der Waals surface area (Å²) >= 11 is 0. The molecule has 158 valence electrons. The van der Waals surface area contributed by atoms with Gasteiger partial charge in [-0.3, -0.25) is 4.98 Å². The number of nitrogens with zero attached hydrogens (tertiary/aromatic N) is 5. The van der Waals surface area contributed by atoms with Gasteiger partial charge in [0.25, 0.3) is 5.92 Å². The van der Waals surface area contributed by atoms with Gasteiger partial charge in [-0.15, -0.1) is 12.4 Å². The van der Waals surface area contributed by atoms with E-state index in [0.29, 0.717) is 16.8 Å². The Labute approximate surface area is 175 Å². The highest BCUT2D eigenvalue weighted by Crippen LogP contribution is 2.32. The summed E-state index contributed by atoms with van der Waals surface area (Å²) in [6.45, 7) is -0.0252. The average molecular weight is 441 g/mol. The Bertz CT molecular complexity index is 1110. The molecule has 0 saturated carbocycles. The van der Waals surface area contributed by atoms with E-state index >= 15 is 0 Å². The van der Waals surface area contributed by atoms with Crippen molar-refractivity contribution < 1.29 is 17.6 Å². The summed E-state index contributed by atoms with van der Waals surface area (Å²) in [6.07, 6.45) is 0.945. The number of pyridine rings is 1. The Morgan fingerprint density at radius 3 is 2.60 bits per heavy atom. The summed E-state index contributed by atoms with van der Waals surface area (Å²) in [5.74, 6) is -4.80. The highest BCUT2D eigenvalue weighted by molar-refractivity contribution is 5.85. The van der Waals surface area contributed by atoms with Crippen LogP contribution in [0.25, 0.3) is 11.0 Å². The van der Waals surface area contributed by atoms with E-state index in [0.717, 1.165) is 12.1 Å². The average Bonchev–Trinajstić information content (AvgIpc) is 3.02. The van der Waals surface area contributed by atoms with Crippen LogP contribution in [0.15, 0.2) is 30.5 Å². The van der Waals surface area contributed by atoms with E-state index < -0.39 is 30.0 Å². The van der Waals surface area contributed by atoms with Crippen molar-refractivity contribution in [3.05, 3.63) is 53.4 Å². The molecule has 30 heavy (non-hydrogen) atoms. The predicted octanol–water partition coefficient (Wildman–Crippen LogP) is 3.22. The van der Waals surface area contributed by atoms with Crippen LogP contribution in [0.2, 0.25) is 0 Å². The second kappa shape index (κ2) is 8.08. The van der Waals surface area contributed by atoms with Crippen LogP contribution >= 0.6 is 12.4 Å². The molecule has 0 unspecified atom stereocenters. The molecule has 4 rings (SSSR count). The molecule has 1 atom stereocenters. The van der Waals surface area contributed by atoms with Crippen LogP contribution in [0.3, 0.4) is 0 Å². The number of benzene rings is 1.